The molecule has 0 fully saturated rings. The van der Waals surface area contributed by atoms with Crippen molar-refractivity contribution in [2.45, 2.75) is 52.4 Å². The lowest BCUT2D eigenvalue weighted by Gasteiger charge is -2.06. The van der Waals surface area contributed by atoms with Crippen molar-refractivity contribution < 1.29 is 14.3 Å². The molecule has 7 heteroatoms. The van der Waals surface area contributed by atoms with E-state index in [1.807, 2.05) is 6.92 Å². The van der Waals surface area contributed by atoms with Gasteiger partial charge in [-0.1, -0.05) is 6.92 Å². The molecule has 0 atom stereocenters. The van der Waals surface area contributed by atoms with Gasteiger partial charge in [0.05, 0.1) is 23.4 Å². The van der Waals surface area contributed by atoms with E-state index in [9.17, 15) is 9.59 Å². The summed E-state index contributed by atoms with van der Waals surface area (Å²) in [6.45, 7) is 4.23. The molecular weight excluding hydrogens is 350 g/mol. The molecule has 2 aromatic heterocycles. The summed E-state index contributed by atoms with van der Waals surface area (Å²) in [6, 6.07) is 0. The van der Waals surface area contributed by atoms with Crippen LogP contribution in [0.2, 0.25) is 0 Å². The van der Waals surface area contributed by atoms with E-state index >= 15 is 0 Å². The Balaban J connectivity index is 1.64. The van der Waals surface area contributed by atoms with Crippen molar-refractivity contribution >= 4 is 23.2 Å². The molecule has 1 amide bonds. The van der Waals surface area contributed by atoms with E-state index in [0.29, 0.717) is 29.8 Å². The molecule has 0 saturated carbocycles. The second kappa shape index (κ2) is 8.03. The van der Waals surface area contributed by atoms with Crippen LogP contribution >= 0.6 is 11.3 Å². The molecule has 0 spiro atoms. The van der Waals surface area contributed by atoms with Crippen LogP contribution in [0.3, 0.4) is 0 Å². The average molecular weight is 375 g/mol. The third kappa shape index (κ3) is 3.67. The molecule has 140 valence electrons. The summed E-state index contributed by atoms with van der Waals surface area (Å²) < 4.78 is 4.83. The van der Waals surface area contributed by atoms with Crippen LogP contribution in [0.15, 0.2) is 0 Å². The number of hydrogen-bond acceptors (Lipinski definition) is 5. The van der Waals surface area contributed by atoms with Crippen molar-refractivity contribution in [1.29, 1.82) is 0 Å². The third-order valence-corrected chi connectivity index (χ3v) is 6.03. The summed E-state index contributed by atoms with van der Waals surface area (Å²) in [4.78, 5) is 33.7. The quantitative estimate of drug-likeness (QED) is 0.760. The number of nitrogens with one attached hydrogen (secondary N) is 2. The summed E-state index contributed by atoms with van der Waals surface area (Å²) >= 11 is 1.77. The molecule has 0 aromatic carbocycles. The highest BCUT2D eigenvalue weighted by Gasteiger charge is 2.23. The van der Waals surface area contributed by atoms with E-state index in [4.69, 9.17) is 9.72 Å². The number of aromatic amines is 1. The maximum atomic E-state index is 12.5. The lowest BCUT2D eigenvalue weighted by atomic mass is 10.0. The van der Waals surface area contributed by atoms with Gasteiger partial charge in [-0.15, -0.1) is 11.3 Å². The largest absolute Gasteiger partial charge is 0.465 e. The Labute approximate surface area is 157 Å². The van der Waals surface area contributed by atoms with Crippen molar-refractivity contribution in [2.75, 3.05) is 13.7 Å². The van der Waals surface area contributed by atoms with Crippen molar-refractivity contribution in [3.05, 3.63) is 38.1 Å². The lowest BCUT2D eigenvalue weighted by Crippen LogP contribution is -2.26. The van der Waals surface area contributed by atoms with E-state index in [-0.39, 0.29) is 5.91 Å². The molecule has 1 aliphatic carbocycles. The van der Waals surface area contributed by atoms with Crippen molar-refractivity contribution in [3.8, 4) is 0 Å². The van der Waals surface area contributed by atoms with Gasteiger partial charge in [0.15, 0.2) is 0 Å². The zero-order chi connectivity index (χ0) is 18.7. The van der Waals surface area contributed by atoms with Crippen molar-refractivity contribution in [1.82, 2.24) is 15.3 Å². The number of hydrogen-bond donors (Lipinski definition) is 2. The maximum absolute atomic E-state index is 12.5. The lowest BCUT2D eigenvalue weighted by molar-refractivity contribution is 0.0599. The van der Waals surface area contributed by atoms with Gasteiger partial charge in [0.2, 0.25) is 0 Å². The molecule has 6 nitrogen and oxygen atoms in total. The predicted molar refractivity (Wildman–Crippen MR) is 101 cm³/mol. The fraction of sp³-hybridized carbons (Fsp3) is 0.526. The van der Waals surface area contributed by atoms with Crippen LogP contribution in [0.1, 0.15) is 67.4 Å². The third-order valence-electron chi connectivity index (χ3n) is 4.81. The molecule has 0 radical (unpaired) electrons. The minimum absolute atomic E-state index is 0.200. The second-order valence-corrected chi connectivity index (χ2v) is 7.68. The highest BCUT2D eigenvalue weighted by Crippen LogP contribution is 2.26. The summed E-state index contributed by atoms with van der Waals surface area (Å²) in [5.41, 5.74) is 3.51. The predicted octanol–water partition coefficient (Wildman–Crippen LogP) is 2.98. The van der Waals surface area contributed by atoms with E-state index in [1.165, 1.54) is 30.5 Å². The molecule has 2 N–H and O–H groups in total. The Morgan fingerprint density at radius 3 is 2.77 bits per heavy atom. The number of thiazole rings is 1. The molecule has 26 heavy (non-hydrogen) atoms. The van der Waals surface area contributed by atoms with Crippen LogP contribution < -0.4 is 5.32 Å². The normalized spacial score (nSPS) is 13.3. The van der Waals surface area contributed by atoms with Crippen LogP contribution in [-0.4, -0.2) is 35.5 Å². The summed E-state index contributed by atoms with van der Waals surface area (Å²) in [7, 11) is 1.35. The monoisotopic (exact) mass is 375 g/mol. The molecule has 0 saturated heterocycles. The van der Waals surface area contributed by atoms with Gasteiger partial charge in [0.25, 0.3) is 5.91 Å². The number of rotatable bonds is 6. The SMILES string of the molecule is CCc1[nH]c(C(=O)NCCc2nc3c(s2)CCCC3)c(C)c1C(=O)OC. The minimum Gasteiger partial charge on any atom is -0.465 e. The summed E-state index contributed by atoms with van der Waals surface area (Å²) in [5.74, 6) is -0.614. The molecule has 1 aliphatic rings. The zero-order valence-electron chi connectivity index (χ0n) is 15.5. The Morgan fingerprint density at radius 1 is 1.31 bits per heavy atom. The fourth-order valence-corrected chi connectivity index (χ4v) is 4.57. The highest BCUT2D eigenvalue weighted by molar-refractivity contribution is 7.11. The number of ether oxygens (including phenoxy) is 1. The number of esters is 1. The van der Waals surface area contributed by atoms with Gasteiger partial charge in [0.1, 0.15) is 5.69 Å². The van der Waals surface area contributed by atoms with Crippen LogP contribution in [-0.2, 0) is 30.4 Å². The van der Waals surface area contributed by atoms with Crippen LogP contribution in [0.5, 0.6) is 0 Å². The van der Waals surface area contributed by atoms with Crippen molar-refractivity contribution in [3.63, 3.8) is 0 Å². The molecular formula is C19H25N3O3S. The smallest absolute Gasteiger partial charge is 0.339 e. The molecule has 0 bridgehead atoms. The Kier molecular flexibility index (Phi) is 5.76. The minimum atomic E-state index is -0.414. The van der Waals surface area contributed by atoms with Crippen molar-refractivity contribution in [2.24, 2.45) is 0 Å². The Bertz CT molecular complexity index is 799. The van der Waals surface area contributed by atoms with Crippen LogP contribution in [0.4, 0.5) is 0 Å². The molecule has 2 aromatic rings. The van der Waals surface area contributed by atoms with Gasteiger partial charge in [-0.05, 0) is 44.6 Å². The number of carbonyl (C=O) groups is 2. The maximum Gasteiger partial charge on any atom is 0.339 e. The summed E-state index contributed by atoms with van der Waals surface area (Å²) in [6.07, 6.45) is 6.05. The first kappa shape index (κ1) is 18.6. The van der Waals surface area contributed by atoms with Gasteiger partial charge in [0, 0.05) is 23.5 Å². The van der Waals surface area contributed by atoms with E-state index in [0.717, 1.165) is 30.0 Å². The molecule has 3 rings (SSSR count). The Morgan fingerprint density at radius 2 is 2.08 bits per heavy atom. The number of methoxy groups -OCH3 is 1. The number of fused-ring (bicyclic) bond motifs is 1. The average Bonchev–Trinajstić information content (AvgIpc) is 3.21. The molecule has 2 heterocycles. The van der Waals surface area contributed by atoms with E-state index in [2.05, 4.69) is 10.3 Å². The number of amides is 1. The second-order valence-electron chi connectivity index (χ2n) is 6.51. The number of carbonyl (C=O) groups excluding carboxylic acids is 2. The fourth-order valence-electron chi connectivity index (χ4n) is 3.41. The molecule has 0 unspecified atom stereocenters. The Hall–Kier alpha value is -2.15. The van der Waals surface area contributed by atoms with Gasteiger partial charge < -0.3 is 15.0 Å². The summed E-state index contributed by atoms with van der Waals surface area (Å²) in [5, 5.41) is 4.02. The van der Waals surface area contributed by atoms with Gasteiger partial charge in [-0.25, -0.2) is 9.78 Å². The van der Waals surface area contributed by atoms with E-state index < -0.39 is 5.97 Å². The zero-order valence-corrected chi connectivity index (χ0v) is 16.3. The number of H-pyrrole nitrogens is 1. The standard InChI is InChI=1S/C19H25N3O3S/c1-4-12-16(19(24)25-3)11(2)17(22-12)18(23)20-10-9-15-21-13-7-5-6-8-14(13)26-15/h22H,4-10H2,1-3H3,(H,20,23). The van der Waals surface area contributed by atoms with Crippen LogP contribution in [0, 0.1) is 6.92 Å². The number of aryl methyl sites for hydroxylation is 3. The highest BCUT2D eigenvalue weighted by atomic mass is 32.1. The topological polar surface area (TPSA) is 84.1 Å². The van der Waals surface area contributed by atoms with Gasteiger partial charge in [-0.3, -0.25) is 4.79 Å². The van der Waals surface area contributed by atoms with Gasteiger partial charge in [-0.2, -0.15) is 0 Å². The first-order valence-electron chi connectivity index (χ1n) is 9.10. The first-order chi connectivity index (χ1) is 12.5. The molecule has 0 aliphatic heterocycles. The first-order valence-corrected chi connectivity index (χ1v) is 9.92. The number of nitrogens with zero attached hydrogens (tertiary/aromatic N) is 1. The number of aromatic nitrogens is 2. The van der Waals surface area contributed by atoms with E-state index in [1.54, 1.807) is 18.3 Å². The van der Waals surface area contributed by atoms with Crippen LogP contribution in [0.25, 0.3) is 0 Å². The van der Waals surface area contributed by atoms with Gasteiger partial charge >= 0.3 is 5.97 Å².